The molecule has 4 aromatic rings. The molecule has 4 aromatic carbocycles. The number of phenols is 4. The van der Waals surface area contributed by atoms with Crippen molar-refractivity contribution in [2.24, 2.45) is 5.92 Å². The fourth-order valence-corrected chi connectivity index (χ4v) is 8.62. The lowest BCUT2D eigenvalue weighted by Crippen LogP contribution is -2.11. The van der Waals surface area contributed by atoms with Gasteiger partial charge in [-0.25, -0.2) is 0 Å². The van der Waals surface area contributed by atoms with E-state index in [1.807, 2.05) is 52.0 Å². The van der Waals surface area contributed by atoms with Crippen LogP contribution in [0.1, 0.15) is 190 Å². The summed E-state index contributed by atoms with van der Waals surface area (Å²) in [5.41, 5.74) is 12.2. The average molecular weight is 779 g/mol. The average Bonchev–Trinajstić information content (AvgIpc) is 3.15. The second-order valence-electron chi connectivity index (χ2n) is 17.5. The highest BCUT2D eigenvalue weighted by molar-refractivity contribution is 5.54. The molecule has 4 rings (SSSR count). The molecule has 0 aromatic heterocycles. The van der Waals surface area contributed by atoms with Crippen molar-refractivity contribution in [3.8, 4) is 23.0 Å². The van der Waals surface area contributed by atoms with Crippen LogP contribution in [-0.2, 0) is 19.3 Å². The SMILES string of the molecule is CCCCCCCCCc1cc(C)cc(Cc2cc(C)cc(CCCCCCCCC)c2O)c1O.Cc1cc(C)c(O)c(C(c2cc(C)cc(C)c2O)C(C)C)c1. The highest BCUT2D eigenvalue weighted by atomic mass is 16.3. The summed E-state index contributed by atoms with van der Waals surface area (Å²) in [6.45, 7) is 20.9. The van der Waals surface area contributed by atoms with Crippen LogP contribution in [0.4, 0.5) is 0 Å². The van der Waals surface area contributed by atoms with E-state index in [1.54, 1.807) is 0 Å². The summed E-state index contributed by atoms with van der Waals surface area (Å²) in [7, 11) is 0. The molecule has 0 unspecified atom stereocenters. The Morgan fingerprint density at radius 3 is 1.05 bits per heavy atom. The summed E-state index contributed by atoms with van der Waals surface area (Å²) in [6.07, 6.45) is 20.3. The molecule has 0 fully saturated rings. The quantitative estimate of drug-likeness (QED) is 0.0635. The first-order valence-corrected chi connectivity index (χ1v) is 22.4. The Labute approximate surface area is 347 Å². The van der Waals surface area contributed by atoms with Crippen LogP contribution < -0.4 is 0 Å². The van der Waals surface area contributed by atoms with Gasteiger partial charge in [0, 0.05) is 23.5 Å². The number of aromatic hydroxyl groups is 4. The molecule has 0 saturated heterocycles. The molecule has 0 aliphatic heterocycles. The van der Waals surface area contributed by atoms with E-state index in [1.165, 1.54) is 88.2 Å². The lowest BCUT2D eigenvalue weighted by Gasteiger charge is -2.26. The van der Waals surface area contributed by atoms with Gasteiger partial charge >= 0.3 is 0 Å². The summed E-state index contributed by atoms with van der Waals surface area (Å²) < 4.78 is 0. The largest absolute Gasteiger partial charge is 0.507 e. The molecular weight excluding hydrogens is 701 g/mol. The minimum atomic E-state index is -0.0304. The maximum absolute atomic E-state index is 11.1. The summed E-state index contributed by atoms with van der Waals surface area (Å²) in [5, 5.41) is 43.2. The van der Waals surface area contributed by atoms with Gasteiger partial charge in [0.15, 0.2) is 0 Å². The number of unbranched alkanes of at least 4 members (excludes halogenated alkanes) is 12. The van der Waals surface area contributed by atoms with Gasteiger partial charge in [0.1, 0.15) is 23.0 Å². The van der Waals surface area contributed by atoms with Crippen LogP contribution in [0.5, 0.6) is 23.0 Å². The van der Waals surface area contributed by atoms with E-state index in [2.05, 4.69) is 65.8 Å². The van der Waals surface area contributed by atoms with Gasteiger partial charge in [-0.15, -0.1) is 0 Å². The molecule has 4 nitrogen and oxygen atoms in total. The molecule has 0 heterocycles. The zero-order valence-electron chi connectivity index (χ0n) is 37.6. The predicted molar refractivity (Wildman–Crippen MR) is 244 cm³/mol. The maximum atomic E-state index is 11.1. The minimum Gasteiger partial charge on any atom is -0.507 e. The molecule has 57 heavy (non-hydrogen) atoms. The number of benzene rings is 4. The Morgan fingerprint density at radius 2 is 0.702 bits per heavy atom. The number of rotatable bonds is 21. The first-order valence-electron chi connectivity index (χ1n) is 22.4. The van der Waals surface area contributed by atoms with E-state index in [0.717, 1.165) is 81.3 Å². The molecule has 0 amide bonds. The van der Waals surface area contributed by atoms with Crippen LogP contribution in [0.2, 0.25) is 0 Å². The lowest BCUT2D eigenvalue weighted by molar-refractivity contribution is 0.431. The number of hydrogen-bond donors (Lipinski definition) is 4. The fourth-order valence-electron chi connectivity index (χ4n) is 8.62. The van der Waals surface area contributed by atoms with Crippen molar-refractivity contribution in [3.05, 3.63) is 115 Å². The van der Waals surface area contributed by atoms with Crippen LogP contribution >= 0.6 is 0 Å². The van der Waals surface area contributed by atoms with Gasteiger partial charge in [-0.2, -0.15) is 0 Å². The van der Waals surface area contributed by atoms with Crippen LogP contribution in [0, 0.1) is 47.5 Å². The molecule has 0 atom stereocenters. The normalized spacial score (nSPS) is 11.4. The molecule has 4 N–H and O–H groups in total. The monoisotopic (exact) mass is 779 g/mol. The second kappa shape index (κ2) is 24.1. The molecular formula is C53H78O4. The zero-order valence-corrected chi connectivity index (χ0v) is 37.6. The minimum absolute atomic E-state index is 0.0304. The molecule has 314 valence electrons. The van der Waals surface area contributed by atoms with E-state index < -0.39 is 0 Å². The highest BCUT2D eigenvalue weighted by Gasteiger charge is 2.26. The molecule has 4 heteroatoms. The summed E-state index contributed by atoms with van der Waals surface area (Å²) >= 11 is 0. The Balaban J connectivity index is 0.000000338. The van der Waals surface area contributed by atoms with Gasteiger partial charge in [-0.05, 0) is 107 Å². The standard InChI is InChI=1S/C33H52O2.C20H26O2/c1-5-7-9-11-13-15-17-19-28-21-26(3)23-30(32(28)34)25-31-24-27(4)22-29(33(31)35)20-18-16-14-12-10-8-6-2;1-11(2)18(16-9-12(3)7-14(5)19(16)21)17-10-13(4)8-15(6)20(17)22/h21-24,34-35H,5-20,25H2,1-4H3;7-11,18,21-22H,1-6H3. The molecule has 0 saturated carbocycles. The van der Waals surface area contributed by atoms with Crippen LogP contribution in [0.3, 0.4) is 0 Å². The smallest absolute Gasteiger partial charge is 0.122 e. The molecule has 0 bridgehead atoms. The van der Waals surface area contributed by atoms with Gasteiger partial charge in [-0.1, -0.05) is 176 Å². The Morgan fingerprint density at radius 1 is 0.386 bits per heavy atom. The zero-order chi connectivity index (χ0) is 42.1. The van der Waals surface area contributed by atoms with Crippen LogP contribution in [-0.4, -0.2) is 20.4 Å². The third-order valence-electron chi connectivity index (χ3n) is 11.6. The lowest BCUT2D eigenvalue weighted by atomic mass is 9.79. The van der Waals surface area contributed by atoms with E-state index in [9.17, 15) is 20.4 Å². The Kier molecular flexibility index (Phi) is 20.1. The van der Waals surface area contributed by atoms with Crippen molar-refractivity contribution >= 4 is 0 Å². The Hall–Kier alpha value is -3.92. The van der Waals surface area contributed by atoms with E-state index in [-0.39, 0.29) is 11.8 Å². The maximum Gasteiger partial charge on any atom is 0.122 e. The van der Waals surface area contributed by atoms with E-state index in [0.29, 0.717) is 29.4 Å². The van der Waals surface area contributed by atoms with Crippen molar-refractivity contribution in [2.45, 2.75) is 184 Å². The molecule has 0 aliphatic rings. The third kappa shape index (κ3) is 14.8. The molecule has 0 spiro atoms. The first-order chi connectivity index (χ1) is 27.2. The van der Waals surface area contributed by atoms with Gasteiger partial charge in [0.05, 0.1) is 0 Å². The third-order valence-corrected chi connectivity index (χ3v) is 11.6. The van der Waals surface area contributed by atoms with E-state index in [4.69, 9.17) is 0 Å². The summed E-state index contributed by atoms with van der Waals surface area (Å²) in [6, 6.07) is 16.5. The van der Waals surface area contributed by atoms with Crippen molar-refractivity contribution in [3.63, 3.8) is 0 Å². The second-order valence-corrected chi connectivity index (χ2v) is 17.5. The van der Waals surface area contributed by atoms with Crippen molar-refractivity contribution in [1.29, 1.82) is 0 Å². The van der Waals surface area contributed by atoms with Crippen LogP contribution in [0.15, 0.2) is 48.5 Å². The molecule has 0 radical (unpaired) electrons. The molecule has 0 aliphatic carbocycles. The Bertz CT molecular complexity index is 1710. The number of hydrogen-bond acceptors (Lipinski definition) is 4. The number of aryl methyl sites for hydroxylation is 8. The number of phenolic OH excluding ortho intramolecular Hbond substituents is 4. The summed E-state index contributed by atoms with van der Waals surface area (Å²) in [5.74, 6) is 1.76. The van der Waals surface area contributed by atoms with Crippen LogP contribution in [0.25, 0.3) is 0 Å². The van der Waals surface area contributed by atoms with Crippen molar-refractivity contribution < 1.29 is 20.4 Å². The van der Waals surface area contributed by atoms with Gasteiger partial charge < -0.3 is 20.4 Å². The highest BCUT2D eigenvalue weighted by Crippen LogP contribution is 2.43. The first kappa shape index (κ1) is 47.5. The predicted octanol–water partition coefficient (Wildman–Crippen LogP) is 15.0. The fraction of sp³-hybridized carbons (Fsp3) is 0.547. The van der Waals surface area contributed by atoms with Gasteiger partial charge in [-0.3, -0.25) is 0 Å². The topological polar surface area (TPSA) is 80.9 Å². The van der Waals surface area contributed by atoms with Crippen molar-refractivity contribution in [2.75, 3.05) is 0 Å². The van der Waals surface area contributed by atoms with Crippen molar-refractivity contribution in [1.82, 2.24) is 0 Å². The summed E-state index contributed by atoms with van der Waals surface area (Å²) in [4.78, 5) is 0. The van der Waals surface area contributed by atoms with Gasteiger partial charge in [0.25, 0.3) is 0 Å². The van der Waals surface area contributed by atoms with Gasteiger partial charge in [0.2, 0.25) is 0 Å². The van der Waals surface area contributed by atoms with E-state index >= 15 is 0 Å².